The molecule has 1 aliphatic carbocycles. The van der Waals surface area contributed by atoms with Crippen LogP contribution in [0.5, 0.6) is 0 Å². The maximum Gasteiger partial charge on any atom is 0.317 e. The number of amides is 3. The Kier molecular flexibility index (Phi) is 5.04. The summed E-state index contributed by atoms with van der Waals surface area (Å²) in [6.07, 6.45) is 6.26. The molecule has 3 fully saturated rings. The maximum atomic E-state index is 12.4. The molecule has 4 atom stereocenters. The molecule has 2 heterocycles. The summed E-state index contributed by atoms with van der Waals surface area (Å²) in [4.78, 5) is 25.6. The number of hydrogen-bond acceptors (Lipinski definition) is 3. The molecule has 0 radical (unpaired) electrons. The van der Waals surface area contributed by atoms with Gasteiger partial charge in [-0.15, -0.1) is 0 Å². The predicted molar refractivity (Wildman–Crippen MR) is 91.3 cm³/mol. The Labute approximate surface area is 144 Å². The number of fused-ring (bicyclic) bond motifs is 2. The van der Waals surface area contributed by atoms with Crippen molar-refractivity contribution in [2.75, 3.05) is 13.1 Å². The highest BCUT2D eigenvalue weighted by molar-refractivity contribution is 5.75. The van der Waals surface area contributed by atoms with Crippen molar-refractivity contribution in [1.82, 2.24) is 15.5 Å². The first-order valence-corrected chi connectivity index (χ1v) is 9.35. The molecule has 6 nitrogen and oxygen atoms in total. The van der Waals surface area contributed by atoms with Crippen molar-refractivity contribution in [3.05, 3.63) is 0 Å². The van der Waals surface area contributed by atoms with Crippen LogP contribution in [0, 0.1) is 11.8 Å². The van der Waals surface area contributed by atoms with Crippen LogP contribution in [0.25, 0.3) is 0 Å². The van der Waals surface area contributed by atoms with Crippen LogP contribution in [0.3, 0.4) is 0 Å². The molecule has 2 saturated heterocycles. The fraction of sp³-hybridized carbons (Fsp3) is 0.889. The van der Waals surface area contributed by atoms with E-state index in [4.69, 9.17) is 4.74 Å². The Morgan fingerprint density at radius 1 is 1.17 bits per heavy atom. The van der Waals surface area contributed by atoms with E-state index in [-0.39, 0.29) is 24.1 Å². The molecule has 0 aromatic carbocycles. The molecule has 0 aromatic heterocycles. The van der Waals surface area contributed by atoms with E-state index in [0.29, 0.717) is 5.92 Å². The van der Waals surface area contributed by atoms with Gasteiger partial charge in [0.2, 0.25) is 5.91 Å². The van der Waals surface area contributed by atoms with Gasteiger partial charge >= 0.3 is 6.03 Å². The molecule has 0 aromatic rings. The summed E-state index contributed by atoms with van der Waals surface area (Å²) in [7, 11) is 0. The van der Waals surface area contributed by atoms with E-state index in [2.05, 4.69) is 17.6 Å². The van der Waals surface area contributed by atoms with Crippen LogP contribution in [-0.4, -0.2) is 47.8 Å². The van der Waals surface area contributed by atoms with Crippen molar-refractivity contribution in [2.24, 2.45) is 11.8 Å². The van der Waals surface area contributed by atoms with Crippen LogP contribution < -0.4 is 10.6 Å². The zero-order chi connectivity index (χ0) is 17.3. The van der Waals surface area contributed by atoms with Crippen LogP contribution in [-0.2, 0) is 9.53 Å². The normalized spacial score (nSPS) is 37.0. The van der Waals surface area contributed by atoms with Gasteiger partial charge in [0.1, 0.15) is 5.72 Å². The Balaban J connectivity index is 1.47. The number of nitrogens with zero attached hydrogens (tertiary/aromatic N) is 1. The van der Waals surface area contributed by atoms with E-state index < -0.39 is 5.72 Å². The molecule has 24 heavy (non-hydrogen) atoms. The van der Waals surface area contributed by atoms with Gasteiger partial charge in [-0.3, -0.25) is 4.79 Å². The summed E-state index contributed by atoms with van der Waals surface area (Å²) in [5.74, 6) is 1.48. The van der Waals surface area contributed by atoms with Gasteiger partial charge in [-0.05, 0) is 57.3 Å². The van der Waals surface area contributed by atoms with E-state index in [0.717, 1.165) is 51.1 Å². The zero-order valence-corrected chi connectivity index (χ0v) is 15.1. The van der Waals surface area contributed by atoms with Crippen LogP contribution in [0.1, 0.15) is 59.3 Å². The second-order valence-corrected chi connectivity index (χ2v) is 8.23. The highest BCUT2D eigenvalue weighted by Crippen LogP contribution is 2.41. The van der Waals surface area contributed by atoms with Gasteiger partial charge in [0, 0.05) is 26.1 Å². The SMILES string of the molecule is CC(=O)N1CCC(NC(=O)NC2(C)C[C@H]3CC(C)CC(C3)O2)CC1. The molecule has 136 valence electrons. The maximum absolute atomic E-state index is 12.4. The number of piperidine rings is 1. The molecule has 6 heteroatoms. The molecule has 3 rings (SSSR count). The molecule has 3 unspecified atom stereocenters. The molecular weight excluding hydrogens is 306 g/mol. The first kappa shape index (κ1) is 17.5. The largest absolute Gasteiger partial charge is 0.353 e. The number of urea groups is 1. The third-order valence-corrected chi connectivity index (χ3v) is 5.76. The smallest absolute Gasteiger partial charge is 0.317 e. The van der Waals surface area contributed by atoms with Gasteiger partial charge in [-0.2, -0.15) is 0 Å². The highest BCUT2D eigenvalue weighted by atomic mass is 16.5. The third kappa shape index (κ3) is 4.21. The number of ether oxygens (including phenoxy) is 1. The lowest BCUT2D eigenvalue weighted by Crippen LogP contribution is -2.59. The van der Waals surface area contributed by atoms with E-state index in [1.807, 2.05) is 11.8 Å². The van der Waals surface area contributed by atoms with Crippen molar-refractivity contribution >= 4 is 11.9 Å². The Hall–Kier alpha value is -1.30. The molecule has 2 bridgehead atoms. The number of hydrogen-bond donors (Lipinski definition) is 2. The van der Waals surface area contributed by atoms with E-state index in [1.165, 1.54) is 6.42 Å². The monoisotopic (exact) mass is 337 g/mol. The quantitative estimate of drug-likeness (QED) is 0.812. The summed E-state index contributed by atoms with van der Waals surface area (Å²) >= 11 is 0. The first-order valence-electron chi connectivity index (χ1n) is 9.35. The molecule has 1 saturated carbocycles. The lowest BCUT2D eigenvalue weighted by molar-refractivity contribution is -0.168. The minimum atomic E-state index is -0.558. The Bertz CT molecular complexity index is 470. The van der Waals surface area contributed by atoms with Gasteiger partial charge in [0.25, 0.3) is 0 Å². The molecule has 2 aliphatic heterocycles. The van der Waals surface area contributed by atoms with E-state index in [1.54, 1.807) is 6.92 Å². The number of rotatable bonds is 2. The predicted octanol–water partition coefficient (Wildman–Crippen LogP) is 2.24. The lowest BCUT2D eigenvalue weighted by Gasteiger charge is -2.47. The van der Waals surface area contributed by atoms with Gasteiger partial charge in [-0.25, -0.2) is 4.79 Å². The topological polar surface area (TPSA) is 70.7 Å². The van der Waals surface area contributed by atoms with Crippen molar-refractivity contribution < 1.29 is 14.3 Å². The van der Waals surface area contributed by atoms with Gasteiger partial charge in [0.15, 0.2) is 0 Å². The number of carbonyl (C=O) groups is 2. The van der Waals surface area contributed by atoms with Gasteiger partial charge in [-0.1, -0.05) is 6.92 Å². The number of nitrogens with one attached hydrogen (secondary N) is 2. The summed E-state index contributed by atoms with van der Waals surface area (Å²) in [5.41, 5.74) is -0.558. The molecule has 3 aliphatic rings. The molecule has 0 spiro atoms. The van der Waals surface area contributed by atoms with Crippen LogP contribution >= 0.6 is 0 Å². The fourth-order valence-corrected chi connectivity index (χ4v) is 4.79. The molecule has 3 amide bonds. The molecule has 2 N–H and O–H groups in total. The summed E-state index contributed by atoms with van der Waals surface area (Å²) in [6, 6.07) is -0.0147. The average Bonchev–Trinajstić information content (AvgIpc) is 2.45. The number of likely N-dealkylation sites (tertiary alicyclic amines) is 1. The molecular formula is C18H31N3O3. The Morgan fingerprint density at radius 3 is 2.50 bits per heavy atom. The van der Waals surface area contributed by atoms with Gasteiger partial charge < -0.3 is 20.3 Å². The van der Waals surface area contributed by atoms with Crippen LogP contribution in [0.15, 0.2) is 0 Å². The summed E-state index contributed by atoms with van der Waals surface area (Å²) in [5, 5.41) is 6.12. The second kappa shape index (κ2) is 6.90. The minimum absolute atomic E-state index is 0.113. The zero-order valence-electron chi connectivity index (χ0n) is 15.1. The fourth-order valence-electron chi connectivity index (χ4n) is 4.79. The highest BCUT2D eigenvalue weighted by Gasteiger charge is 2.42. The van der Waals surface area contributed by atoms with E-state index in [9.17, 15) is 9.59 Å². The summed E-state index contributed by atoms with van der Waals surface area (Å²) in [6.45, 7) is 7.32. The van der Waals surface area contributed by atoms with E-state index >= 15 is 0 Å². The van der Waals surface area contributed by atoms with Crippen molar-refractivity contribution in [3.8, 4) is 0 Å². The first-order chi connectivity index (χ1) is 11.3. The van der Waals surface area contributed by atoms with Crippen LogP contribution in [0.2, 0.25) is 0 Å². The lowest BCUT2D eigenvalue weighted by atomic mass is 9.75. The second-order valence-electron chi connectivity index (χ2n) is 8.23. The summed E-state index contributed by atoms with van der Waals surface area (Å²) < 4.78 is 6.20. The minimum Gasteiger partial charge on any atom is -0.353 e. The van der Waals surface area contributed by atoms with Crippen molar-refractivity contribution in [2.45, 2.75) is 77.2 Å². The van der Waals surface area contributed by atoms with Crippen molar-refractivity contribution in [3.63, 3.8) is 0 Å². The standard InChI is InChI=1S/C18H31N3O3/c1-12-8-14-10-16(9-12)24-18(3,11-14)20-17(23)19-15-4-6-21(7-5-15)13(2)22/h12,14-16H,4-11H2,1-3H3,(H2,19,20,23)/t12?,14-,16?,18?/m0/s1. The van der Waals surface area contributed by atoms with Crippen LogP contribution in [0.4, 0.5) is 4.79 Å². The van der Waals surface area contributed by atoms with Crippen molar-refractivity contribution in [1.29, 1.82) is 0 Å². The third-order valence-electron chi connectivity index (χ3n) is 5.76. The average molecular weight is 337 g/mol. The Morgan fingerprint density at radius 2 is 1.88 bits per heavy atom. The van der Waals surface area contributed by atoms with Gasteiger partial charge in [0.05, 0.1) is 6.10 Å². The number of carbonyl (C=O) groups excluding carboxylic acids is 2.